The molecule has 1 amide bonds. The van der Waals surface area contributed by atoms with Gasteiger partial charge in [0.1, 0.15) is 11.6 Å². The Morgan fingerprint density at radius 3 is 2.72 bits per heavy atom. The van der Waals surface area contributed by atoms with Crippen molar-refractivity contribution in [3.8, 4) is 0 Å². The van der Waals surface area contributed by atoms with Crippen molar-refractivity contribution >= 4 is 23.5 Å². The van der Waals surface area contributed by atoms with Gasteiger partial charge < -0.3 is 22.1 Å². The van der Waals surface area contributed by atoms with Crippen LogP contribution in [0.25, 0.3) is 0 Å². The van der Waals surface area contributed by atoms with Gasteiger partial charge in [-0.25, -0.2) is 0 Å². The molecule has 0 fully saturated rings. The minimum Gasteiger partial charge on any atom is -0.383 e. The molecule has 1 rings (SSSR count). The average molecular weight is 252 g/mol. The van der Waals surface area contributed by atoms with E-state index in [1.54, 1.807) is 6.07 Å². The molecule has 0 bridgehead atoms. The number of rotatable bonds is 6. The van der Waals surface area contributed by atoms with Gasteiger partial charge in [0.05, 0.1) is 0 Å². The number of amides is 1. The molecule has 1 aromatic rings. The van der Waals surface area contributed by atoms with Crippen molar-refractivity contribution in [3.05, 3.63) is 6.07 Å². The van der Waals surface area contributed by atoms with Crippen LogP contribution in [-0.4, -0.2) is 29.0 Å². The van der Waals surface area contributed by atoms with E-state index in [1.807, 2.05) is 13.8 Å². The van der Waals surface area contributed by atoms with Crippen molar-refractivity contribution in [1.29, 1.82) is 0 Å². The quantitative estimate of drug-likeness (QED) is 0.575. The molecule has 0 saturated carbocycles. The van der Waals surface area contributed by atoms with Crippen LogP contribution >= 0.6 is 0 Å². The van der Waals surface area contributed by atoms with Crippen molar-refractivity contribution in [2.45, 2.75) is 20.3 Å². The van der Waals surface area contributed by atoms with Crippen LogP contribution in [0, 0.1) is 5.92 Å². The number of aromatic nitrogens is 2. The van der Waals surface area contributed by atoms with Crippen LogP contribution in [-0.2, 0) is 4.79 Å². The lowest BCUT2D eigenvalue weighted by molar-refractivity contribution is -0.120. The molecule has 0 atom stereocenters. The van der Waals surface area contributed by atoms with Crippen LogP contribution in [0.15, 0.2) is 6.07 Å². The number of carbonyl (C=O) groups excluding carboxylic acids is 1. The lowest BCUT2D eigenvalue weighted by Gasteiger charge is -2.09. The number of hydrogen-bond acceptors (Lipinski definition) is 6. The first-order valence-corrected chi connectivity index (χ1v) is 5.88. The molecule has 7 nitrogen and oxygen atoms in total. The van der Waals surface area contributed by atoms with E-state index in [4.69, 9.17) is 11.5 Å². The first kappa shape index (κ1) is 14.0. The summed E-state index contributed by atoms with van der Waals surface area (Å²) in [7, 11) is 0. The Kier molecular flexibility index (Phi) is 5.16. The van der Waals surface area contributed by atoms with E-state index >= 15 is 0 Å². The van der Waals surface area contributed by atoms with Gasteiger partial charge in [0, 0.05) is 25.6 Å². The lowest BCUT2D eigenvalue weighted by atomic mass is 10.2. The van der Waals surface area contributed by atoms with Crippen LogP contribution in [0.4, 0.5) is 17.6 Å². The van der Waals surface area contributed by atoms with Gasteiger partial charge in [0.15, 0.2) is 0 Å². The van der Waals surface area contributed by atoms with Crippen molar-refractivity contribution in [3.63, 3.8) is 0 Å². The predicted molar refractivity (Wildman–Crippen MR) is 71.8 cm³/mol. The third-order valence-electron chi connectivity index (χ3n) is 2.13. The zero-order valence-corrected chi connectivity index (χ0v) is 10.7. The molecular weight excluding hydrogens is 232 g/mol. The van der Waals surface area contributed by atoms with Crippen molar-refractivity contribution < 1.29 is 4.79 Å². The molecule has 1 aromatic heterocycles. The Hall–Kier alpha value is -2.05. The first-order chi connectivity index (χ1) is 8.47. The highest BCUT2D eigenvalue weighted by molar-refractivity contribution is 5.76. The van der Waals surface area contributed by atoms with Gasteiger partial charge in [0.2, 0.25) is 11.9 Å². The van der Waals surface area contributed by atoms with Gasteiger partial charge in [-0.1, -0.05) is 13.8 Å². The lowest BCUT2D eigenvalue weighted by Crippen LogP contribution is -2.28. The maximum Gasteiger partial charge on any atom is 0.223 e. The molecule has 7 heteroatoms. The number of nitrogen functional groups attached to an aromatic ring is 2. The van der Waals surface area contributed by atoms with E-state index in [1.165, 1.54) is 0 Å². The summed E-state index contributed by atoms with van der Waals surface area (Å²) >= 11 is 0. The minimum atomic E-state index is 0.00574. The van der Waals surface area contributed by atoms with E-state index < -0.39 is 0 Å². The molecule has 0 radical (unpaired) electrons. The smallest absolute Gasteiger partial charge is 0.223 e. The Balaban J connectivity index is 2.30. The molecule has 100 valence electrons. The fourth-order valence-electron chi connectivity index (χ4n) is 1.29. The van der Waals surface area contributed by atoms with Crippen LogP contribution in [0.2, 0.25) is 0 Å². The van der Waals surface area contributed by atoms with Gasteiger partial charge in [-0.05, 0) is 5.92 Å². The van der Waals surface area contributed by atoms with Crippen LogP contribution in [0.1, 0.15) is 20.3 Å². The third kappa shape index (κ3) is 5.33. The number of carbonyl (C=O) groups is 1. The van der Waals surface area contributed by atoms with E-state index in [9.17, 15) is 4.79 Å². The average Bonchev–Trinajstić information content (AvgIpc) is 2.25. The number of hydrogen-bond donors (Lipinski definition) is 4. The van der Waals surface area contributed by atoms with Crippen molar-refractivity contribution in [1.82, 2.24) is 15.3 Å². The Morgan fingerprint density at radius 1 is 1.39 bits per heavy atom. The summed E-state index contributed by atoms with van der Waals surface area (Å²) in [6, 6.07) is 1.57. The standard InChI is InChI=1S/C11H20N6O/c1-7(2)6-15-10(18)3-4-14-9-5-8(12)16-11(13)17-9/h5,7H,3-4,6H2,1-2H3,(H,15,18)(H5,12,13,14,16,17). The van der Waals surface area contributed by atoms with Gasteiger partial charge in [-0.2, -0.15) is 9.97 Å². The topological polar surface area (TPSA) is 119 Å². The molecule has 0 aromatic carbocycles. The van der Waals surface area contributed by atoms with Gasteiger partial charge >= 0.3 is 0 Å². The predicted octanol–water partition coefficient (Wildman–Crippen LogP) is 0.215. The molecule has 0 aliphatic carbocycles. The fourth-order valence-corrected chi connectivity index (χ4v) is 1.29. The first-order valence-electron chi connectivity index (χ1n) is 5.88. The number of nitrogens with two attached hydrogens (primary N) is 2. The maximum atomic E-state index is 11.4. The Morgan fingerprint density at radius 2 is 2.11 bits per heavy atom. The summed E-state index contributed by atoms with van der Waals surface area (Å²) in [6.45, 7) is 5.25. The second kappa shape index (κ2) is 6.63. The molecule has 0 unspecified atom stereocenters. The van der Waals surface area contributed by atoms with E-state index in [2.05, 4.69) is 20.6 Å². The van der Waals surface area contributed by atoms with E-state index in [0.29, 0.717) is 37.1 Å². The Labute approximate surface area is 106 Å². The second-order valence-electron chi connectivity index (χ2n) is 4.41. The van der Waals surface area contributed by atoms with Gasteiger partial charge in [0.25, 0.3) is 0 Å². The molecule has 1 heterocycles. The summed E-state index contributed by atoms with van der Waals surface area (Å²) in [4.78, 5) is 19.1. The minimum absolute atomic E-state index is 0.00574. The highest BCUT2D eigenvalue weighted by atomic mass is 16.1. The second-order valence-corrected chi connectivity index (χ2v) is 4.41. The van der Waals surface area contributed by atoms with Crippen molar-refractivity contribution in [2.75, 3.05) is 29.9 Å². The van der Waals surface area contributed by atoms with Crippen LogP contribution < -0.4 is 22.1 Å². The zero-order chi connectivity index (χ0) is 13.5. The van der Waals surface area contributed by atoms with Gasteiger partial charge in [-0.15, -0.1) is 0 Å². The van der Waals surface area contributed by atoms with E-state index in [-0.39, 0.29) is 11.9 Å². The number of anilines is 3. The molecule has 18 heavy (non-hydrogen) atoms. The SMILES string of the molecule is CC(C)CNC(=O)CCNc1cc(N)nc(N)n1. The van der Waals surface area contributed by atoms with Crippen LogP contribution in [0.5, 0.6) is 0 Å². The largest absolute Gasteiger partial charge is 0.383 e. The van der Waals surface area contributed by atoms with Gasteiger partial charge in [-0.3, -0.25) is 4.79 Å². The highest BCUT2D eigenvalue weighted by Crippen LogP contribution is 2.08. The number of nitrogens with zero attached hydrogens (tertiary/aromatic N) is 2. The summed E-state index contributed by atoms with van der Waals surface area (Å²) in [6.07, 6.45) is 0.372. The zero-order valence-electron chi connectivity index (χ0n) is 10.7. The summed E-state index contributed by atoms with van der Waals surface area (Å²) in [5.41, 5.74) is 11.0. The molecule has 0 aliphatic rings. The molecular formula is C11H20N6O. The number of nitrogens with one attached hydrogen (secondary N) is 2. The van der Waals surface area contributed by atoms with E-state index in [0.717, 1.165) is 0 Å². The highest BCUT2D eigenvalue weighted by Gasteiger charge is 2.03. The van der Waals surface area contributed by atoms with Crippen LogP contribution in [0.3, 0.4) is 0 Å². The maximum absolute atomic E-state index is 11.4. The summed E-state index contributed by atoms with van der Waals surface area (Å²) in [5.74, 6) is 1.39. The molecule has 0 aliphatic heterocycles. The fraction of sp³-hybridized carbons (Fsp3) is 0.545. The summed E-state index contributed by atoms with van der Waals surface area (Å²) < 4.78 is 0. The normalized spacial score (nSPS) is 10.4. The summed E-state index contributed by atoms with van der Waals surface area (Å²) in [5, 5.41) is 5.80. The van der Waals surface area contributed by atoms with Crippen molar-refractivity contribution in [2.24, 2.45) is 5.92 Å². The molecule has 0 saturated heterocycles. The third-order valence-corrected chi connectivity index (χ3v) is 2.13. The Bertz CT molecular complexity index is 386. The molecule has 6 N–H and O–H groups in total. The monoisotopic (exact) mass is 252 g/mol. The molecule has 0 spiro atoms.